The molecule has 0 atom stereocenters. The van der Waals surface area contributed by atoms with E-state index in [2.05, 4.69) is 17.2 Å². The average Bonchev–Trinajstić information content (AvgIpc) is 2.90. The largest absolute Gasteiger partial charge is 0.298 e. The predicted molar refractivity (Wildman–Crippen MR) is 83.4 cm³/mol. The minimum atomic E-state index is -0.362. The second-order valence-electron chi connectivity index (χ2n) is 4.60. The molecule has 1 N–H and O–H groups in total. The van der Waals surface area contributed by atoms with Gasteiger partial charge in [0.05, 0.1) is 10.2 Å². The predicted octanol–water partition coefficient (Wildman–Crippen LogP) is 4.25. The van der Waals surface area contributed by atoms with Crippen molar-refractivity contribution in [3.05, 3.63) is 59.4 Å². The monoisotopic (exact) mass is 300 g/mol. The number of para-hydroxylation sites is 1. The van der Waals surface area contributed by atoms with Crippen LogP contribution in [0.2, 0.25) is 0 Å². The number of carbonyl (C=O) groups excluding carboxylic acids is 1. The Morgan fingerprint density at radius 3 is 2.71 bits per heavy atom. The van der Waals surface area contributed by atoms with Crippen LogP contribution in [0.25, 0.3) is 10.2 Å². The first-order valence-corrected chi connectivity index (χ1v) is 7.44. The lowest BCUT2D eigenvalue weighted by Crippen LogP contribution is -2.11. The van der Waals surface area contributed by atoms with Gasteiger partial charge in [-0.25, -0.2) is 9.37 Å². The van der Waals surface area contributed by atoms with E-state index in [4.69, 9.17) is 0 Å². The van der Waals surface area contributed by atoms with Crippen LogP contribution in [0, 0.1) is 5.82 Å². The number of amides is 1. The average molecular weight is 300 g/mol. The molecule has 0 radical (unpaired) electrons. The first-order chi connectivity index (χ1) is 10.2. The second kappa shape index (κ2) is 5.61. The van der Waals surface area contributed by atoms with Crippen molar-refractivity contribution in [3.63, 3.8) is 0 Å². The van der Waals surface area contributed by atoms with Crippen LogP contribution in [0.15, 0.2) is 42.5 Å². The van der Waals surface area contributed by atoms with Crippen LogP contribution in [0.5, 0.6) is 0 Å². The Hall–Kier alpha value is -2.27. The summed E-state index contributed by atoms with van der Waals surface area (Å²) in [5.41, 5.74) is 2.50. The van der Waals surface area contributed by atoms with Crippen molar-refractivity contribution in [2.75, 3.05) is 5.32 Å². The molecule has 0 saturated carbocycles. The highest BCUT2D eigenvalue weighted by Gasteiger charge is 2.11. The van der Waals surface area contributed by atoms with Gasteiger partial charge in [-0.15, -0.1) is 0 Å². The van der Waals surface area contributed by atoms with E-state index in [1.165, 1.54) is 35.6 Å². The first-order valence-electron chi connectivity index (χ1n) is 6.62. The van der Waals surface area contributed by atoms with E-state index in [1.807, 2.05) is 18.2 Å². The van der Waals surface area contributed by atoms with Crippen LogP contribution in [0.4, 0.5) is 9.52 Å². The van der Waals surface area contributed by atoms with Crippen LogP contribution in [-0.4, -0.2) is 10.9 Å². The van der Waals surface area contributed by atoms with Gasteiger partial charge in [-0.2, -0.15) is 0 Å². The molecule has 0 fully saturated rings. The van der Waals surface area contributed by atoms with Crippen molar-refractivity contribution in [2.24, 2.45) is 0 Å². The number of anilines is 1. The van der Waals surface area contributed by atoms with E-state index in [0.29, 0.717) is 10.7 Å². The quantitative estimate of drug-likeness (QED) is 0.785. The van der Waals surface area contributed by atoms with E-state index >= 15 is 0 Å². The summed E-state index contributed by atoms with van der Waals surface area (Å²) in [4.78, 5) is 16.6. The Balaban J connectivity index is 1.88. The molecular weight excluding hydrogens is 287 g/mol. The standard InChI is InChI=1S/C16H13FN2OS/c1-2-10-4-3-5-13-14(10)18-16(21-13)19-15(20)11-6-8-12(17)9-7-11/h3-9H,2H2,1H3,(H,18,19,20). The number of rotatable bonds is 3. The number of nitrogens with one attached hydrogen (secondary N) is 1. The third-order valence-corrected chi connectivity index (χ3v) is 4.15. The van der Waals surface area contributed by atoms with Crippen LogP contribution < -0.4 is 5.32 Å². The number of hydrogen-bond donors (Lipinski definition) is 1. The van der Waals surface area contributed by atoms with E-state index < -0.39 is 0 Å². The molecule has 0 saturated heterocycles. The maximum Gasteiger partial charge on any atom is 0.257 e. The molecule has 1 aromatic heterocycles. The fourth-order valence-corrected chi connectivity index (χ4v) is 3.02. The maximum atomic E-state index is 12.9. The van der Waals surface area contributed by atoms with Crippen LogP contribution in [0.3, 0.4) is 0 Å². The van der Waals surface area contributed by atoms with Gasteiger partial charge >= 0.3 is 0 Å². The Labute approximate surface area is 125 Å². The third-order valence-electron chi connectivity index (χ3n) is 3.21. The van der Waals surface area contributed by atoms with Gasteiger partial charge in [-0.05, 0) is 42.3 Å². The highest BCUT2D eigenvalue weighted by Crippen LogP contribution is 2.28. The van der Waals surface area contributed by atoms with Crippen LogP contribution in [0.1, 0.15) is 22.8 Å². The molecule has 3 nitrogen and oxygen atoms in total. The van der Waals surface area contributed by atoms with Gasteiger partial charge in [0.1, 0.15) is 5.82 Å². The zero-order valence-corrected chi connectivity index (χ0v) is 12.2. The van der Waals surface area contributed by atoms with Gasteiger partial charge in [0.15, 0.2) is 5.13 Å². The highest BCUT2D eigenvalue weighted by molar-refractivity contribution is 7.22. The SMILES string of the molecule is CCc1cccc2sc(NC(=O)c3ccc(F)cc3)nc12. The number of thiazole rings is 1. The summed E-state index contributed by atoms with van der Waals surface area (Å²) >= 11 is 1.44. The maximum absolute atomic E-state index is 12.9. The Morgan fingerprint density at radius 2 is 2.00 bits per heavy atom. The highest BCUT2D eigenvalue weighted by atomic mass is 32.1. The molecule has 5 heteroatoms. The van der Waals surface area contributed by atoms with E-state index in [0.717, 1.165) is 22.2 Å². The number of aromatic nitrogens is 1. The Bertz CT molecular complexity index is 796. The fourth-order valence-electron chi connectivity index (χ4n) is 2.11. The fraction of sp³-hybridized carbons (Fsp3) is 0.125. The number of fused-ring (bicyclic) bond motifs is 1. The molecule has 0 unspecified atom stereocenters. The van der Waals surface area contributed by atoms with Gasteiger partial charge < -0.3 is 0 Å². The van der Waals surface area contributed by atoms with Crippen molar-refractivity contribution >= 4 is 32.6 Å². The number of aryl methyl sites for hydroxylation is 1. The zero-order chi connectivity index (χ0) is 14.8. The van der Waals surface area contributed by atoms with Crippen molar-refractivity contribution < 1.29 is 9.18 Å². The lowest BCUT2D eigenvalue weighted by molar-refractivity contribution is 0.102. The molecule has 1 heterocycles. The molecule has 0 aliphatic carbocycles. The number of hydrogen-bond acceptors (Lipinski definition) is 3. The molecule has 106 valence electrons. The number of benzene rings is 2. The van der Waals surface area contributed by atoms with Gasteiger partial charge in [0.25, 0.3) is 5.91 Å². The van der Waals surface area contributed by atoms with Gasteiger partial charge in [0.2, 0.25) is 0 Å². The van der Waals surface area contributed by atoms with E-state index in [-0.39, 0.29) is 11.7 Å². The van der Waals surface area contributed by atoms with E-state index in [1.54, 1.807) is 0 Å². The smallest absolute Gasteiger partial charge is 0.257 e. The van der Waals surface area contributed by atoms with Gasteiger partial charge in [0, 0.05) is 5.56 Å². The molecule has 21 heavy (non-hydrogen) atoms. The molecule has 0 aliphatic heterocycles. The summed E-state index contributed by atoms with van der Waals surface area (Å²) < 4.78 is 13.9. The van der Waals surface area contributed by atoms with Crippen molar-refractivity contribution in [1.82, 2.24) is 4.98 Å². The number of halogens is 1. The van der Waals surface area contributed by atoms with Crippen LogP contribution in [-0.2, 0) is 6.42 Å². The van der Waals surface area contributed by atoms with Gasteiger partial charge in [-0.1, -0.05) is 30.4 Å². The topological polar surface area (TPSA) is 42.0 Å². The minimum absolute atomic E-state index is 0.285. The second-order valence-corrected chi connectivity index (χ2v) is 5.63. The lowest BCUT2D eigenvalue weighted by Gasteiger charge is -2.01. The van der Waals surface area contributed by atoms with Crippen molar-refractivity contribution in [3.8, 4) is 0 Å². The number of carbonyl (C=O) groups is 1. The van der Waals surface area contributed by atoms with Crippen molar-refractivity contribution in [2.45, 2.75) is 13.3 Å². The summed E-state index contributed by atoms with van der Waals surface area (Å²) in [6.45, 7) is 2.07. The zero-order valence-electron chi connectivity index (χ0n) is 11.4. The molecule has 2 aromatic carbocycles. The number of nitrogens with zero attached hydrogens (tertiary/aromatic N) is 1. The first kappa shape index (κ1) is 13.7. The molecule has 1 amide bonds. The van der Waals surface area contributed by atoms with Crippen molar-refractivity contribution in [1.29, 1.82) is 0 Å². The summed E-state index contributed by atoms with van der Waals surface area (Å²) in [6.07, 6.45) is 0.895. The molecular formula is C16H13FN2OS. The summed E-state index contributed by atoms with van der Waals surface area (Å²) in [7, 11) is 0. The molecule has 3 aromatic rings. The van der Waals surface area contributed by atoms with E-state index in [9.17, 15) is 9.18 Å². The summed E-state index contributed by atoms with van der Waals surface area (Å²) in [5, 5.41) is 3.32. The molecule has 0 aliphatic rings. The Kier molecular flexibility index (Phi) is 3.66. The molecule has 0 bridgehead atoms. The Morgan fingerprint density at radius 1 is 1.24 bits per heavy atom. The lowest BCUT2D eigenvalue weighted by atomic mass is 10.1. The van der Waals surface area contributed by atoms with Crippen LogP contribution >= 0.6 is 11.3 Å². The third kappa shape index (κ3) is 2.78. The van der Waals surface area contributed by atoms with Gasteiger partial charge in [-0.3, -0.25) is 10.1 Å². The summed E-state index contributed by atoms with van der Waals surface area (Å²) in [6, 6.07) is 11.5. The minimum Gasteiger partial charge on any atom is -0.298 e. The normalized spacial score (nSPS) is 10.8. The molecule has 0 spiro atoms. The molecule has 3 rings (SSSR count). The summed E-state index contributed by atoms with van der Waals surface area (Å²) in [5.74, 6) is -0.647.